The molecule has 0 aromatic rings. The molecule has 4 heteroatoms. The van der Waals surface area contributed by atoms with E-state index in [1.54, 1.807) is 4.90 Å². The fourth-order valence-corrected chi connectivity index (χ4v) is 2.34. The van der Waals surface area contributed by atoms with Crippen molar-refractivity contribution in [3.8, 4) is 0 Å². The van der Waals surface area contributed by atoms with Crippen molar-refractivity contribution in [3.63, 3.8) is 0 Å². The maximum Gasteiger partial charge on any atom is 0.410 e. The minimum atomic E-state index is -0.363. The highest BCUT2D eigenvalue weighted by Crippen LogP contribution is 2.34. The van der Waals surface area contributed by atoms with Crippen molar-refractivity contribution in [2.75, 3.05) is 13.7 Å². The van der Waals surface area contributed by atoms with Crippen LogP contribution in [0.2, 0.25) is 0 Å². The van der Waals surface area contributed by atoms with Crippen molar-refractivity contribution < 1.29 is 14.3 Å². The summed E-state index contributed by atoms with van der Waals surface area (Å²) >= 11 is 0. The smallest absolute Gasteiger partial charge is 0.410 e. The van der Waals surface area contributed by atoms with Gasteiger partial charge in [-0.25, -0.2) is 4.79 Å². The molecule has 2 aliphatic heterocycles. The monoisotopic (exact) mass is 221 g/mol. The average molecular weight is 221 g/mol. The normalized spacial score (nSPS) is 29.4. The molecule has 2 bridgehead atoms. The van der Waals surface area contributed by atoms with Crippen LogP contribution in [0.25, 0.3) is 0 Å². The third-order valence-corrected chi connectivity index (χ3v) is 3.50. The zero-order chi connectivity index (χ0) is 11.9. The number of ketones is 1. The largest absolute Gasteiger partial charge is 0.453 e. The van der Waals surface area contributed by atoms with Gasteiger partial charge in [-0.1, -0.05) is 0 Å². The molecule has 1 aliphatic carbocycles. The highest BCUT2D eigenvalue weighted by molar-refractivity contribution is 5.99. The van der Waals surface area contributed by atoms with Gasteiger partial charge in [0.25, 0.3) is 0 Å². The zero-order valence-corrected chi connectivity index (χ0v) is 9.74. The Kier molecular flexibility index (Phi) is 2.74. The summed E-state index contributed by atoms with van der Waals surface area (Å²) in [5.74, 6) is -0.195. The Morgan fingerprint density at radius 2 is 2.19 bits per heavy atom. The Hall–Kier alpha value is -1.32. The van der Waals surface area contributed by atoms with Gasteiger partial charge in [0.05, 0.1) is 13.2 Å². The molecule has 0 N–H and O–H groups in total. The van der Waals surface area contributed by atoms with E-state index in [0.29, 0.717) is 13.0 Å². The first-order valence-electron chi connectivity index (χ1n) is 5.35. The van der Waals surface area contributed by atoms with Crippen LogP contribution < -0.4 is 0 Å². The van der Waals surface area contributed by atoms with Crippen LogP contribution in [0.1, 0.15) is 20.3 Å². The number of hydrogen-bond donors (Lipinski definition) is 0. The topological polar surface area (TPSA) is 46.6 Å². The van der Waals surface area contributed by atoms with Gasteiger partial charge in [-0.05, 0) is 37.8 Å². The van der Waals surface area contributed by atoms with Crippen LogP contribution in [-0.4, -0.2) is 36.5 Å². The van der Waals surface area contributed by atoms with E-state index >= 15 is 0 Å². The molecule has 0 aromatic carbocycles. The lowest BCUT2D eigenvalue weighted by atomic mass is 9.92. The van der Waals surface area contributed by atoms with Gasteiger partial charge in [-0.3, -0.25) is 4.79 Å². The molecular weight excluding hydrogens is 206 g/mol. The van der Waals surface area contributed by atoms with Crippen molar-refractivity contribution in [3.05, 3.63) is 17.6 Å². The summed E-state index contributed by atoms with van der Waals surface area (Å²) in [4.78, 5) is 25.2. The number of allylic oxidation sites excluding steroid dienone is 1. The van der Waals surface area contributed by atoms with Gasteiger partial charge >= 0.3 is 6.09 Å². The number of fused-ring (bicyclic) bond motifs is 3. The van der Waals surface area contributed by atoms with Gasteiger partial charge in [-0.15, -0.1) is 0 Å². The molecule has 0 spiro atoms. The average Bonchev–Trinajstić information content (AvgIpc) is 2.47. The predicted octanol–water partition coefficient (Wildman–Crippen LogP) is 1.44. The molecule has 2 atom stereocenters. The van der Waals surface area contributed by atoms with Crippen molar-refractivity contribution in [2.45, 2.75) is 26.3 Å². The molecule has 16 heavy (non-hydrogen) atoms. The van der Waals surface area contributed by atoms with Crippen LogP contribution in [-0.2, 0) is 9.53 Å². The van der Waals surface area contributed by atoms with Crippen LogP contribution in [0.3, 0.4) is 0 Å². The van der Waals surface area contributed by atoms with Gasteiger partial charge in [0.1, 0.15) is 0 Å². The minimum absolute atomic E-state index is 0.0600. The Balaban J connectivity index is 2.38. The molecular formula is C12H15NO3. The van der Waals surface area contributed by atoms with E-state index in [0.717, 1.165) is 11.1 Å². The van der Waals surface area contributed by atoms with Gasteiger partial charge in [0, 0.05) is 12.5 Å². The van der Waals surface area contributed by atoms with Crippen LogP contribution in [0.15, 0.2) is 11.1 Å². The Morgan fingerprint density at radius 3 is 2.81 bits per heavy atom. The minimum Gasteiger partial charge on any atom is -0.453 e. The molecule has 2 unspecified atom stereocenters. The number of methoxy groups -OCH3 is 1. The summed E-state index contributed by atoms with van der Waals surface area (Å²) in [6.07, 6.45) is 3.42. The van der Waals surface area contributed by atoms with E-state index in [9.17, 15) is 9.59 Å². The lowest BCUT2D eigenvalue weighted by molar-refractivity contribution is -0.118. The molecule has 3 aliphatic rings. The number of rotatable bonds is 0. The number of nitrogens with zero attached hydrogens (tertiary/aromatic N) is 1. The van der Waals surface area contributed by atoms with Gasteiger partial charge < -0.3 is 9.64 Å². The van der Waals surface area contributed by atoms with Crippen LogP contribution in [0.4, 0.5) is 4.79 Å². The Labute approximate surface area is 95.2 Å². The number of carbonyl (C=O) groups excluding carboxylic acids is 2. The number of Topliss-reactive ketones (excluding diaryl/α,β-unsaturated/α-hetero) is 1. The van der Waals surface area contributed by atoms with E-state index in [1.165, 1.54) is 7.11 Å². The Bertz CT molecular complexity index is 372. The molecule has 1 saturated heterocycles. The molecule has 1 fully saturated rings. The highest BCUT2D eigenvalue weighted by atomic mass is 16.5. The summed E-state index contributed by atoms with van der Waals surface area (Å²) in [5.41, 5.74) is 1.73. The summed E-state index contributed by atoms with van der Waals surface area (Å²) in [6, 6.07) is -0.0600. The summed E-state index contributed by atoms with van der Waals surface area (Å²) < 4.78 is 4.74. The second-order valence-electron chi connectivity index (χ2n) is 4.27. The SMILES string of the molecule is COC(=O)N1CC2[C]CC1C(C)=C(C)C2=O. The van der Waals surface area contributed by atoms with Crippen molar-refractivity contribution in [1.82, 2.24) is 4.90 Å². The molecule has 86 valence electrons. The first-order valence-corrected chi connectivity index (χ1v) is 5.35. The summed E-state index contributed by atoms with van der Waals surface area (Å²) in [7, 11) is 1.36. The van der Waals surface area contributed by atoms with E-state index < -0.39 is 0 Å². The number of piperidine rings is 1. The number of hydrogen-bond acceptors (Lipinski definition) is 3. The zero-order valence-electron chi connectivity index (χ0n) is 9.74. The van der Waals surface area contributed by atoms with Crippen molar-refractivity contribution in [1.29, 1.82) is 0 Å². The van der Waals surface area contributed by atoms with E-state index in [4.69, 9.17) is 4.74 Å². The summed E-state index contributed by atoms with van der Waals surface area (Å²) in [5, 5.41) is 0. The molecule has 3 rings (SSSR count). The standard InChI is InChI=1S/C12H15NO3/c1-7-8(2)11(14)9-4-5-10(7)13(6-9)12(15)16-3/h9-10H,5-6H2,1-3H3. The quantitative estimate of drug-likeness (QED) is 0.622. The third-order valence-electron chi connectivity index (χ3n) is 3.50. The highest BCUT2D eigenvalue weighted by Gasteiger charge is 2.41. The fourth-order valence-electron chi connectivity index (χ4n) is 2.34. The summed E-state index contributed by atoms with van der Waals surface area (Å²) in [6.45, 7) is 4.12. The van der Waals surface area contributed by atoms with Crippen LogP contribution in [0.5, 0.6) is 0 Å². The molecule has 4 nitrogen and oxygen atoms in total. The molecule has 0 saturated carbocycles. The molecule has 1 amide bonds. The van der Waals surface area contributed by atoms with E-state index in [2.05, 4.69) is 6.42 Å². The number of amides is 1. The van der Waals surface area contributed by atoms with Crippen molar-refractivity contribution in [2.24, 2.45) is 5.92 Å². The second kappa shape index (κ2) is 3.92. The number of carbonyl (C=O) groups is 2. The Morgan fingerprint density at radius 1 is 1.50 bits per heavy atom. The molecule has 2 heterocycles. The number of ether oxygens (including phenoxy) is 1. The fraction of sp³-hybridized carbons (Fsp3) is 0.583. The van der Waals surface area contributed by atoms with Crippen LogP contribution in [0, 0.1) is 12.3 Å². The lowest BCUT2D eigenvalue weighted by Gasteiger charge is -2.35. The van der Waals surface area contributed by atoms with Gasteiger partial charge in [0.2, 0.25) is 0 Å². The molecule has 2 radical (unpaired) electrons. The second-order valence-corrected chi connectivity index (χ2v) is 4.27. The van der Waals surface area contributed by atoms with Crippen molar-refractivity contribution >= 4 is 11.9 Å². The molecule has 0 aromatic heterocycles. The maximum absolute atomic E-state index is 12.0. The van der Waals surface area contributed by atoms with Gasteiger partial charge in [-0.2, -0.15) is 0 Å². The maximum atomic E-state index is 12.0. The predicted molar refractivity (Wildman–Crippen MR) is 57.6 cm³/mol. The van der Waals surface area contributed by atoms with E-state index in [1.807, 2.05) is 13.8 Å². The van der Waals surface area contributed by atoms with Gasteiger partial charge in [0.15, 0.2) is 5.78 Å². The van der Waals surface area contributed by atoms with Crippen LogP contribution >= 0.6 is 0 Å². The van der Waals surface area contributed by atoms with E-state index in [-0.39, 0.29) is 23.8 Å². The first-order chi connectivity index (χ1) is 7.56. The first kappa shape index (κ1) is 11.2. The lowest BCUT2D eigenvalue weighted by Crippen LogP contribution is -2.47. The third kappa shape index (κ3) is 1.52.